The second kappa shape index (κ2) is 12.1. The first-order valence-corrected chi connectivity index (χ1v) is 15.0. The van der Waals surface area contributed by atoms with Gasteiger partial charge in [0.25, 0.3) is 0 Å². The van der Waals surface area contributed by atoms with E-state index in [1.807, 2.05) is 30.3 Å². The Kier molecular flexibility index (Phi) is 8.74. The van der Waals surface area contributed by atoms with Crippen molar-refractivity contribution in [2.24, 2.45) is 5.41 Å². The Hall–Kier alpha value is -2.61. The summed E-state index contributed by atoms with van der Waals surface area (Å²) in [7, 11) is 0. The van der Waals surface area contributed by atoms with Crippen LogP contribution in [0.4, 0.5) is 5.69 Å². The van der Waals surface area contributed by atoms with Crippen molar-refractivity contribution in [3.05, 3.63) is 59.2 Å². The summed E-state index contributed by atoms with van der Waals surface area (Å²) in [5, 5.41) is 18.1. The summed E-state index contributed by atoms with van der Waals surface area (Å²) in [5.74, 6) is 0.868. The Bertz CT molecular complexity index is 1150. The predicted octanol–water partition coefficient (Wildman–Crippen LogP) is 4.56. The van der Waals surface area contributed by atoms with Gasteiger partial charge in [0.2, 0.25) is 5.91 Å². The molecule has 218 valence electrons. The fourth-order valence-electron chi connectivity index (χ4n) is 6.44. The number of nitrogens with one attached hydrogen (secondary N) is 2. The van der Waals surface area contributed by atoms with E-state index in [1.165, 1.54) is 30.2 Å². The Balaban J connectivity index is 1.42. The number of nitrogens with zero attached hydrogens (tertiary/aromatic N) is 1. The van der Waals surface area contributed by atoms with Crippen molar-refractivity contribution in [1.82, 2.24) is 10.6 Å². The monoisotopic (exact) mass is 549 g/mol. The highest BCUT2D eigenvalue weighted by atomic mass is 16.5. The molecule has 2 aromatic rings. The van der Waals surface area contributed by atoms with Crippen LogP contribution in [-0.4, -0.2) is 61.6 Å². The largest absolute Gasteiger partial charge is 0.485 e. The molecule has 2 aliphatic heterocycles. The van der Waals surface area contributed by atoms with E-state index in [4.69, 9.17) is 9.47 Å². The van der Waals surface area contributed by atoms with Crippen LogP contribution in [0.15, 0.2) is 42.5 Å². The Labute approximate surface area is 239 Å². The molecule has 0 bridgehead atoms. The highest BCUT2D eigenvalue weighted by Crippen LogP contribution is 2.52. The molecule has 1 saturated carbocycles. The Morgan fingerprint density at radius 2 is 1.85 bits per heavy atom. The molecule has 1 aliphatic carbocycles. The first-order chi connectivity index (χ1) is 19.1. The standard InChI is InChI=1S/C33H47N3O4/c1-23(37)35-27(18-24-9-6-5-7-10-24)30(38)22-34-28-21-33(11-8-12-33)40-31-26(28)17-25(20-32(2,3)4)19-29(31)36-13-15-39-16-14-36/h5-7,9-10,17,19,27-28,30,34,38H,8,11-16,18,20-22H2,1-4H3,(H,35,37)/t27-,28-,30+/m0/s1. The minimum absolute atomic E-state index is 0.0631. The van der Waals surface area contributed by atoms with Crippen LogP contribution in [0.25, 0.3) is 0 Å². The molecular weight excluding hydrogens is 502 g/mol. The summed E-state index contributed by atoms with van der Waals surface area (Å²) < 4.78 is 12.6. The van der Waals surface area contributed by atoms with Gasteiger partial charge in [-0.15, -0.1) is 0 Å². The molecule has 1 amide bonds. The van der Waals surface area contributed by atoms with E-state index >= 15 is 0 Å². The van der Waals surface area contributed by atoms with E-state index in [1.54, 1.807) is 0 Å². The molecule has 7 nitrogen and oxygen atoms in total. The van der Waals surface area contributed by atoms with E-state index in [0.717, 1.165) is 63.3 Å². The summed E-state index contributed by atoms with van der Waals surface area (Å²) in [6.07, 6.45) is 5.00. The van der Waals surface area contributed by atoms with Crippen molar-refractivity contribution in [2.75, 3.05) is 37.7 Å². The number of rotatable bonds is 9. The SMILES string of the molecule is CC(=O)N[C@@H](Cc1ccccc1)[C@H](O)CN[C@H]1CC2(CCC2)Oc2c1cc(CC(C)(C)C)cc2N1CCOCC1. The van der Waals surface area contributed by atoms with Crippen LogP contribution in [0, 0.1) is 5.41 Å². The molecule has 3 atom stereocenters. The zero-order valence-electron chi connectivity index (χ0n) is 24.7. The molecule has 0 aromatic heterocycles. The molecular formula is C33H47N3O4. The lowest BCUT2D eigenvalue weighted by Crippen LogP contribution is -2.52. The van der Waals surface area contributed by atoms with Crippen molar-refractivity contribution >= 4 is 11.6 Å². The second-order valence-electron chi connectivity index (χ2n) is 13.2. The van der Waals surface area contributed by atoms with Crippen molar-refractivity contribution < 1.29 is 19.4 Å². The number of aliphatic hydroxyl groups is 1. The quantitative estimate of drug-likeness (QED) is 0.426. The van der Waals surface area contributed by atoms with Gasteiger partial charge in [0, 0.05) is 44.6 Å². The number of hydrogen-bond acceptors (Lipinski definition) is 6. The molecule has 3 aliphatic rings. The van der Waals surface area contributed by atoms with E-state index in [2.05, 4.69) is 48.4 Å². The van der Waals surface area contributed by atoms with E-state index in [9.17, 15) is 9.90 Å². The molecule has 5 rings (SSSR count). The predicted molar refractivity (Wildman–Crippen MR) is 159 cm³/mol. The van der Waals surface area contributed by atoms with Crippen LogP contribution in [0.3, 0.4) is 0 Å². The minimum atomic E-state index is -0.732. The number of carbonyl (C=O) groups is 1. The van der Waals surface area contributed by atoms with Crippen LogP contribution in [-0.2, 0) is 22.4 Å². The van der Waals surface area contributed by atoms with E-state index in [0.29, 0.717) is 13.0 Å². The number of carbonyl (C=O) groups excluding carboxylic acids is 1. The molecule has 0 unspecified atom stereocenters. The lowest BCUT2D eigenvalue weighted by Gasteiger charge is -2.49. The number of anilines is 1. The fraction of sp³-hybridized carbons (Fsp3) is 0.606. The van der Waals surface area contributed by atoms with Gasteiger partial charge >= 0.3 is 0 Å². The zero-order valence-corrected chi connectivity index (χ0v) is 24.7. The van der Waals surface area contributed by atoms with Gasteiger partial charge in [-0.05, 0) is 54.7 Å². The Morgan fingerprint density at radius 3 is 2.48 bits per heavy atom. The first kappa shape index (κ1) is 28.9. The third kappa shape index (κ3) is 6.99. The van der Waals surface area contributed by atoms with E-state index < -0.39 is 6.10 Å². The van der Waals surface area contributed by atoms with Crippen LogP contribution < -0.4 is 20.3 Å². The number of morpholine rings is 1. The van der Waals surface area contributed by atoms with Gasteiger partial charge in [-0.1, -0.05) is 57.2 Å². The fourth-order valence-corrected chi connectivity index (χ4v) is 6.44. The number of aliphatic hydroxyl groups excluding tert-OH is 1. The third-order valence-electron chi connectivity index (χ3n) is 8.50. The van der Waals surface area contributed by atoms with Gasteiger partial charge in [-0.3, -0.25) is 4.79 Å². The molecule has 1 spiro atoms. The van der Waals surface area contributed by atoms with Gasteiger partial charge in [-0.2, -0.15) is 0 Å². The minimum Gasteiger partial charge on any atom is -0.485 e. The number of hydrogen-bond donors (Lipinski definition) is 3. The average Bonchev–Trinajstić information content (AvgIpc) is 2.90. The lowest BCUT2D eigenvalue weighted by atomic mass is 9.72. The molecule has 0 radical (unpaired) electrons. The summed E-state index contributed by atoms with van der Waals surface area (Å²) >= 11 is 0. The number of fused-ring (bicyclic) bond motifs is 1. The molecule has 2 heterocycles. The van der Waals surface area contributed by atoms with Gasteiger partial charge in [0.05, 0.1) is 31.0 Å². The van der Waals surface area contributed by atoms with Crippen LogP contribution in [0.2, 0.25) is 0 Å². The smallest absolute Gasteiger partial charge is 0.217 e. The number of benzene rings is 2. The van der Waals surface area contributed by atoms with E-state index in [-0.39, 0.29) is 29.0 Å². The highest BCUT2D eigenvalue weighted by Gasteiger charge is 2.47. The highest BCUT2D eigenvalue weighted by molar-refractivity contribution is 5.73. The molecule has 2 fully saturated rings. The summed E-state index contributed by atoms with van der Waals surface area (Å²) in [6.45, 7) is 11.9. The van der Waals surface area contributed by atoms with Gasteiger partial charge in [0.15, 0.2) is 0 Å². The average molecular weight is 550 g/mol. The maximum atomic E-state index is 12.0. The normalized spacial score (nSPS) is 21.6. The third-order valence-corrected chi connectivity index (χ3v) is 8.50. The first-order valence-electron chi connectivity index (χ1n) is 15.0. The second-order valence-corrected chi connectivity index (χ2v) is 13.2. The lowest BCUT2D eigenvalue weighted by molar-refractivity contribution is -0.120. The molecule has 7 heteroatoms. The maximum Gasteiger partial charge on any atom is 0.217 e. The van der Waals surface area contributed by atoms with Crippen molar-refractivity contribution in [1.29, 1.82) is 0 Å². The molecule has 1 saturated heterocycles. The molecule has 40 heavy (non-hydrogen) atoms. The zero-order chi connectivity index (χ0) is 28.3. The van der Waals surface area contributed by atoms with Gasteiger partial charge < -0.3 is 30.1 Å². The van der Waals surface area contributed by atoms with Crippen molar-refractivity contribution in [2.45, 2.75) is 90.0 Å². The van der Waals surface area contributed by atoms with Gasteiger partial charge in [-0.25, -0.2) is 0 Å². The Morgan fingerprint density at radius 1 is 1.12 bits per heavy atom. The summed E-state index contributed by atoms with van der Waals surface area (Å²) in [5.41, 5.74) is 4.78. The molecule has 3 N–H and O–H groups in total. The van der Waals surface area contributed by atoms with Crippen molar-refractivity contribution in [3.63, 3.8) is 0 Å². The maximum absolute atomic E-state index is 12.0. The van der Waals surface area contributed by atoms with Crippen molar-refractivity contribution in [3.8, 4) is 5.75 Å². The number of ether oxygens (including phenoxy) is 2. The van der Waals surface area contributed by atoms with Crippen LogP contribution >= 0.6 is 0 Å². The summed E-state index contributed by atoms with van der Waals surface area (Å²) in [6, 6.07) is 14.4. The van der Waals surface area contributed by atoms with Crippen LogP contribution in [0.5, 0.6) is 5.75 Å². The number of amides is 1. The summed E-state index contributed by atoms with van der Waals surface area (Å²) in [4.78, 5) is 14.4. The molecule has 2 aromatic carbocycles. The van der Waals surface area contributed by atoms with Gasteiger partial charge in [0.1, 0.15) is 11.4 Å². The topological polar surface area (TPSA) is 83.1 Å². The van der Waals surface area contributed by atoms with Crippen LogP contribution in [0.1, 0.15) is 76.1 Å².